The molecular formula is C27H32N2O3S. The first-order chi connectivity index (χ1) is 16.0. The lowest BCUT2D eigenvalue weighted by molar-refractivity contribution is -0.121. The van der Waals surface area contributed by atoms with Crippen LogP contribution >= 0.6 is 11.8 Å². The molecule has 174 valence electrons. The number of carbonyl (C=O) groups is 2. The van der Waals surface area contributed by atoms with Crippen molar-refractivity contribution in [1.29, 1.82) is 0 Å². The summed E-state index contributed by atoms with van der Waals surface area (Å²) in [6, 6.07) is 15.9. The summed E-state index contributed by atoms with van der Waals surface area (Å²) in [4.78, 5) is 29.0. The molecular weight excluding hydrogens is 432 g/mol. The largest absolute Gasteiger partial charge is 0.494 e. The van der Waals surface area contributed by atoms with Crippen molar-refractivity contribution in [3.8, 4) is 5.75 Å². The van der Waals surface area contributed by atoms with Crippen molar-refractivity contribution in [2.75, 3.05) is 26.2 Å². The van der Waals surface area contributed by atoms with Crippen molar-refractivity contribution in [2.45, 2.75) is 50.5 Å². The first-order valence-corrected chi connectivity index (χ1v) is 12.5. The summed E-state index contributed by atoms with van der Waals surface area (Å²) in [5, 5.41) is 3.19. The number of amides is 1. The van der Waals surface area contributed by atoms with E-state index in [1.807, 2.05) is 62.4 Å². The summed E-state index contributed by atoms with van der Waals surface area (Å²) in [5.41, 5.74) is 2.89. The highest BCUT2D eigenvalue weighted by Crippen LogP contribution is 2.42. The summed E-state index contributed by atoms with van der Waals surface area (Å²) in [5.74, 6) is 1.06. The molecule has 2 aliphatic heterocycles. The van der Waals surface area contributed by atoms with Crippen LogP contribution in [0.1, 0.15) is 49.0 Å². The van der Waals surface area contributed by atoms with E-state index in [2.05, 4.69) is 10.2 Å². The molecule has 33 heavy (non-hydrogen) atoms. The van der Waals surface area contributed by atoms with Crippen LogP contribution in [-0.4, -0.2) is 48.9 Å². The van der Waals surface area contributed by atoms with Gasteiger partial charge in [-0.2, -0.15) is 0 Å². The lowest BCUT2D eigenvalue weighted by Crippen LogP contribution is -2.45. The van der Waals surface area contributed by atoms with Crippen LogP contribution < -0.4 is 10.1 Å². The molecule has 2 aromatic rings. The quantitative estimate of drug-likeness (QED) is 0.447. The van der Waals surface area contributed by atoms with E-state index in [1.54, 1.807) is 11.8 Å². The van der Waals surface area contributed by atoms with Crippen molar-refractivity contribution in [1.82, 2.24) is 10.2 Å². The van der Waals surface area contributed by atoms with E-state index in [0.717, 1.165) is 71.1 Å². The molecule has 0 unspecified atom stereocenters. The number of hydrogen-bond acceptors (Lipinski definition) is 5. The zero-order chi connectivity index (χ0) is 23.2. The van der Waals surface area contributed by atoms with Gasteiger partial charge in [0.15, 0.2) is 0 Å². The zero-order valence-corrected chi connectivity index (χ0v) is 20.2. The van der Waals surface area contributed by atoms with Gasteiger partial charge in [0.1, 0.15) is 5.75 Å². The van der Waals surface area contributed by atoms with Crippen molar-refractivity contribution in [3.63, 3.8) is 0 Å². The van der Waals surface area contributed by atoms with E-state index in [0.29, 0.717) is 13.0 Å². The Balaban J connectivity index is 1.14. The number of piperidine rings is 1. The predicted molar refractivity (Wildman–Crippen MR) is 133 cm³/mol. The van der Waals surface area contributed by atoms with Gasteiger partial charge >= 0.3 is 0 Å². The standard InChI is InChI=1S/C27H32N2O3S/c1-19(2)27-26(31)23-10-9-22(18-24(23)33-27)32-16-6-13-29-14-11-21(12-15-29)28-25(30)17-20-7-4-3-5-8-20/h3-5,7-10,18,21H,6,11-17H2,1-2H3,(H,28,30). The molecule has 5 nitrogen and oxygen atoms in total. The molecule has 1 fully saturated rings. The van der Waals surface area contributed by atoms with Crippen molar-refractivity contribution in [2.24, 2.45) is 0 Å². The molecule has 2 heterocycles. The number of rotatable bonds is 8. The molecule has 0 spiro atoms. The van der Waals surface area contributed by atoms with Crippen LogP contribution in [0.4, 0.5) is 0 Å². The Hall–Kier alpha value is -2.57. The first kappa shape index (κ1) is 23.6. The Bertz CT molecular complexity index is 1020. The van der Waals surface area contributed by atoms with Gasteiger partial charge in [0.2, 0.25) is 11.7 Å². The number of thioether (sulfide) groups is 1. The van der Waals surface area contributed by atoms with E-state index in [9.17, 15) is 9.59 Å². The zero-order valence-electron chi connectivity index (χ0n) is 19.4. The fraction of sp³-hybridized carbons (Fsp3) is 0.407. The Morgan fingerprint density at radius 3 is 2.61 bits per heavy atom. The van der Waals surface area contributed by atoms with Gasteiger partial charge in [0.25, 0.3) is 0 Å². The molecule has 0 bridgehead atoms. The van der Waals surface area contributed by atoms with Gasteiger partial charge in [-0.3, -0.25) is 9.59 Å². The Labute approximate surface area is 200 Å². The van der Waals surface area contributed by atoms with E-state index in [-0.39, 0.29) is 17.7 Å². The number of Topliss-reactive ketones (excluding diaryl/α,β-unsaturated/α-hetero) is 1. The maximum atomic E-state index is 12.4. The van der Waals surface area contributed by atoms with Crippen LogP contribution in [0.3, 0.4) is 0 Å². The molecule has 2 aliphatic rings. The molecule has 1 saturated heterocycles. The van der Waals surface area contributed by atoms with Crippen LogP contribution in [0.15, 0.2) is 63.9 Å². The number of allylic oxidation sites excluding steroid dienone is 2. The van der Waals surface area contributed by atoms with Gasteiger partial charge in [-0.1, -0.05) is 47.7 Å². The Morgan fingerprint density at radius 1 is 1.12 bits per heavy atom. The summed E-state index contributed by atoms with van der Waals surface area (Å²) in [6.45, 7) is 7.60. The number of likely N-dealkylation sites (tertiary alicyclic amines) is 1. The maximum Gasteiger partial charge on any atom is 0.224 e. The minimum absolute atomic E-state index is 0.110. The van der Waals surface area contributed by atoms with Gasteiger partial charge in [0.05, 0.1) is 17.9 Å². The van der Waals surface area contributed by atoms with E-state index in [4.69, 9.17) is 4.74 Å². The van der Waals surface area contributed by atoms with Gasteiger partial charge < -0.3 is 15.0 Å². The van der Waals surface area contributed by atoms with Crippen molar-refractivity contribution in [3.05, 3.63) is 70.1 Å². The minimum Gasteiger partial charge on any atom is -0.494 e. The third-order valence-corrected chi connectivity index (χ3v) is 7.47. The van der Waals surface area contributed by atoms with Crippen LogP contribution in [0, 0.1) is 0 Å². The smallest absolute Gasteiger partial charge is 0.224 e. The van der Waals surface area contributed by atoms with Crippen LogP contribution in [0.5, 0.6) is 5.75 Å². The number of benzene rings is 2. The number of nitrogens with one attached hydrogen (secondary N) is 1. The normalized spacial score (nSPS) is 16.5. The number of ether oxygens (including phenoxy) is 1. The highest BCUT2D eigenvalue weighted by molar-refractivity contribution is 8.04. The summed E-state index contributed by atoms with van der Waals surface area (Å²) >= 11 is 1.54. The Morgan fingerprint density at radius 2 is 1.88 bits per heavy atom. The summed E-state index contributed by atoms with van der Waals surface area (Å²) in [7, 11) is 0. The van der Waals surface area contributed by atoms with Gasteiger partial charge in [-0.05, 0) is 56.9 Å². The molecule has 0 aliphatic carbocycles. The average Bonchev–Trinajstić information content (AvgIpc) is 3.14. The highest BCUT2D eigenvalue weighted by Gasteiger charge is 2.27. The van der Waals surface area contributed by atoms with E-state index < -0.39 is 0 Å². The van der Waals surface area contributed by atoms with Crippen molar-refractivity contribution >= 4 is 23.5 Å². The number of nitrogens with zero attached hydrogens (tertiary/aromatic N) is 1. The fourth-order valence-corrected chi connectivity index (χ4v) is 5.38. The molecule has 4 rings (SSSR count). The molecule has 0 atom stereocenters. The first-order valence-electron chi connectivity index (χ1n) is 11.7. The number of hydrogen-bond donors (Lipinski definition) is 1. The molecule has 0 aromatic heterocycles. The van der Waals surface area contributed by atoms with Crippen LogP contribution in [0.2, 0.25) is 0 Å². The number of fused-ring (bicyclic) bond motifs is 1. The Kier molecular flexibility index (Phi) is 7.89. The second-order valence-corrected chi connectivity index (χ2v) is 10.0. The van der Waals surface area contributed by atoms with E-state index in [1.165, 1.54) is 0 Å². The third-order valence-electron chi connectivity index (χ3n) is 6.12. The summed E-state index contributed by atoms with van der Waals surface area (Å²) < 4.78 is 5.96. The topological polar surface area (TPSA) is 58.6 Å². The predicted octanol–water partition coefficient (Wildman–Crippen LogP) is 4.86. The van der Waals surface area contributed by atoms with Gasteiger partial charge in [-0.15, -0.1) is 0 Å². The third kappa shape index (κ3) is 6.27. The average molecular weight is 465 g/mol. The second kappa shape index (κ2) is 11.0. The maximum absolute atomic E-state index is 12.4. The summed E-state index contributed by atoms with van der Waals surface area (Å²) in [6.07, 6.45) is 3.38. The molecule has 0 radical (unpaired) electrons. The highest BCUT2D eigenvalue weighted by atomic mass is 32.2. The minimum atomic E-state index is 0.110. The molecule has 6 heteroatoms. The van der Waals surface area contributed by atoms with Crippen LogP contribution in [-0.2, 0) is 11.2 Å². The molecule has 0 saturated carbocycles. The lowest BCUT2D eigenvalue weighted by Gasteiger charge is -2.32. The van der Waals surface area contributed by atoms with Gasteiger partial charge in [0, 0.05) is 36.1 Å². The second-order valence-electron chi connectivity index (χ2n) is 8.97. The van der Waals surface area contributed by atoms with Crippen molar-refractivity contribution < 1.29 is 14.3 Å². The molecule has 2 aromatic carbocycles. The monoisotopic (exact) mass is 464 g/mol. The lowest BCUT2D eigenvalue weighted by atomic mass is 10.0. The van der Waals surface area contributed by atoms with E-state index >= 15 is 0 Å². The fourth-order valence-electron chi connectivity index (χ4n) is 4.31. The number of carbonyl (C=O) groups excluding carboxylic acids is 2. The molecule has 1 amide bonds. The number of ketones is 1. The SMILES string of the molecule is CC(C)=C1Sc2cc(OCCCN3CCC(NC(=O)Cc4ccccc4)CC3)ccc2C1=O. The van der Waals surface area contributed by atoms with Crippen LogP contribution in [0.25, 0.3) is 0 Å². The molecule has 1 N–H and O–H groups in total. The van der Waals surface area contributed by atoms with Gasteiger partial charge in [-0.25, -0.2) is 0 Å².